The first-order valence-corrected chi connectivity index (χ1v) is 10.9. The van der Waals surface area contributed by atoms with Crippen LogP contribution < -0.4 is 19.5 Å². The number of nitrogens with one attached hydrogen (secondary N) is 2. The number of hydrogen-bond acceptors (Lipinski definition) is 5. The molecule has 7 nitrogen and oxygen atoms in total. The van der Waals surface area contributed by atoms with Gasteiger partial charge in [0.15, 0.2) is 6.61 Å². The van der Waals surface area contributed by atoms with Crippen LogP contribution in [0.4, 0.5) is 0 Å². The van der Waals surface area contributed by atoms with Gasteiger partial charge in [0, 0.05) is 13.1 Å². The van der Waals surface area contributed by atoms with Gasteiger partial charge in [-0.25, -0.2) is 13.1 Å². The molecular weight excluding hydrogens is 392 g/mol. The van der Waals surface area contributed by atoms with Gasteiger partial charge in [0.05, 0.1) is 11.5 Å². The number of sulfonamides is 1. The van der Waals surface area contributed by atoms with Crippen LogP contribution in [-0.2, 0) is 14.8 Å². The molecule has 0 spiro atoms. The molecular formula is C21H28N2O5S. The number of benzene rings is 2. The summed E-state index contributed by atoms with van der Waals surface area (Å²) in [7, 11) is -3.65. The molecule has 2 rings (SSSR count). The third-order valence-electron chi connectivity index (χ3n) is 4.41. The summed E-state index contributed by atoms with van der Waals surface area (Å²) in [6, 6.07) is 10.1. The topological polar surface area (TPSA) is 93.7 Å². The number of ether oxygens (including phenoxy) is 2. The van der Waals surface area contributed by atoms with Crippen molar-refractivity contribution in [2.45, 2.75) is 32.6 Å². The monoisotopic (exact) mass is 420 g/mol. The molecule has 2 N–H and O–H groups in total. The molecule has 29 heavy (non-hydrogen) atoms. The zero-order valence-electron chi connectivity index (χ0n) is 17.2. The van der Waals surface area contributed by atoms with Gasteiger partial charge in [0.25, 0.3) is 5.91 Å². The molecule has 0 heterocycles. The Labute approximate surface area is 172 Å². The third-order valence-corrected chi connectivity index (χ3v) is 5.88. The van der Waals surface area contributed by atoms with Gasteiger partial charge in [-0.05, 0) is 68.7 Å². The molecule has 0 aliphatic carbocycles. The van der Waals surface area contributed by atoms with E-state index < -0.39 is 10.0 Å². The van der Waals surface area contributed by atoms with Gasteiger partial charge in [-0.3, -0.25) is 4.79 Å². The molecule has 0 bridgehead atoms. The van der Waals surface area contributed by atoms with Crippen molar-refractivity contribution in [3.05, 3.63) is 53.1 Å². The Bertz CT molecular complexity index is 940. The van der Waals surface area contributed by atoms with Gasteiger partial charge in [-0.1, -0.05) is 12.1 Å². The lowest BCUT2D eigenvalue weighted by atomic mass is 10.1. The summed E-state index contributed by atoms with van der Waals surface area (Å²) in [5.74, 6) is 1.000. The van der Waals surface area contributed by atoms with Crippen LogP contribution in [0.15, 0.2) is 41.3 Å². The molecule has 1 amide bonds. The highest BCUT2D eigenvalue weighted by atomic mass is 32.2. The molecule has 0 aliphatic rings. The summed E-state index contributed by atoms with van der Waals surface area (Å²) in [5, 5.41) is 2.65. The maximum Gasteiger partial charge on any atom is 0.257 e. The van der Waals surface area contributed by atoms with Gasteiger partial charge >= 0.3 is 0 Å². The van der Waals surface area contributed by atoms with Gasteiger partial charge in [0.1, 0.15) is 11.5 Å². The maximum atomic E-state index is 12.3. The second kappa shape index (κ2) is 10.3. The first kappa shape index (κ1) is 22.7. The van der Waals surface area contributed by atoms with E-state index in [1.165, 1.54) is 12.1 Å². The molecule has 0 aromatic heterocycles. The van der Waals surface area contributed by atoms with Crippen molar-refractivity contribution >= 4 is 15.9 Å². The van der Waals surface area contributed by atoms with Crippen LogP contribution in [-0.4, -0.2) is 40.6 Å². The summed E-state index contributed by atoms with van der Waals surface area (Å²) in [6.07, 6.45) is 0. The molecule has 2 aromatic rings. The number of aryl methyl sites for hydroxylation is 2. The Morgan fingerprint density at radius 3 is 2.24 bits per heavy atom. The molecule has 0 unspecified atom stereocenters. The normalized spacial score (nSPS) is 11.2. The van der Waals surface area contributed by atoms with Gasteiger partial charge in [0.2, 0.25) is 10.0 Å². The molecule has 158 valence electrons. The van der Waals surface area contributed by atoms with E-state index in [0.717, 1.165) is 16.7 Å². The van der Waals surface area contributed by atoms with Crippen molar-refractivity contribution in [3.8, 4) is 11.5 Å². The van der Waals surface area contributed by atoms with E-state index in [0.29, 0.717) is 18.1 Å². The zero-order chi connectivity index (χ0) is 21.4. The Hall–Kier alpha value is -2.58. The molecule has 8 heteroatoms. The summed E-state index contributed by atoms with van der Waals surface area (Å²) < 4.78 is 38.0. The molecule has 2 aromatic carbocycles. The average Bonchev–Trinajstić information content (AvgIpc) is 2.69. The molecule has 0 saturated carbocycles. The first-order chi connectivity index (χ1) is 13.7. The Morgan fingerprint density at radius 2 is 1.59 bits per heavy atom. The average molecular weight is 421 g/mol. The van der Waals surface area contributed by atoms with Gasteiger partial charge < -0.3 is 14.8 Å². The van der Waals surface area contributed by atoms with Crippen LogP contribution in [0.1, 0.15) is 23.6 Å². The van der Waals surface area contributed by atoms with E-state index in [-0.39, 0.29) is 30.5 Å². The zero-order valence-corrected chi connectivity index (χ0v) is 18.1. The highest BCUT2D eigenvalue weighted by Gasteiger charge is 2.14. The van der Waals surface area contributed by atoms with Crippen LogP contribution in [0, 0.1) is 20.8 Å². The Kier molecular flexibility index (Phi) is 8.04. The predicted molar refractivity (Wildman–Crippen MR) is 112 cm³/mol. The van der Waals surface area contributed by atoms with E-state index in [4.69, 9.17) is 9.47 Å². The number of hydrogen-bond donors (Lipinski definition) is 2. The first-order valence-electron chi connectivity index (χ1n) is 9.43. The van der Waals surface area contributed by atoms with Crippen LogP contribution in [0.3, 0.4) is 0 Å². The predicted octanol–water partition coefficient (Wildman–Crippen LogP) is 2.48. The van der Waals surface area contributed by atoms with Crippen LogP contribution >= 0.6 is 0 Å². The molecule has 0 saturated heterocycles. The summed E-state index contributed by atoms with van der Waals surface area (Å²) in [6.45, 7) is 8.33. The van der Waals surface area contributed by atoms with E-state index in [9.17, 15) is 13.2 Å². The number of carbonyl (C=O) groups is 1. The molecule has 0 aliphatic heterocycles. The van der Waals surface area contributed by atoms with Crippen LogP contribution in [0.5, 0.6) is 11.5 Å². The fourth-order valence-corrected chi connectivity index (χ4v) is 3.72. The minimum Gasteiger partial charge on any atom is -0.494 e. The number of amides is 1. The Balaban J connectivity index is 1.78. The second-order valence-corrected chi connectivity index (χ2v) is 8.36. The summed E-state index contributed by atoms with van der Waals surface area (Å²) in [4.78, 5) is 12.1. The Morgan fingerprint density at radius 1 is 0.931 bits per heavy atom. The van der Waals surface area contributed by atoms with Crippen molar-refractivity contribution in [1.82, 2.24) is 10.0 Å². The summed E-state index contributed by atoms with van der Waals surface area (Å²) in [5.41, 5.74) is 3.06. The lowest BCUT2D eigenvalue weighted by molar-refractivity contribution is -0.123. The quantitative estimate of drug-likeness (QED) is 0.576. The van der Waals surface area contributed by atoms with Gasteiger partial charge in [-0.15, -0.1) is 0 Å². The van der Waals surface area contributed by atoms with Crippen molar-refractivity contribution < 1.29 is 22.7 Å². The van der Waals surface area contributed by atoms with Crippen LogP contribution in [0.25, 0.3) is 0 Å². The largest absolute Gasteiger partial charge is 0.494 e. The summed E-state index contributed by atoms with van der Waals surface area (Å²) >= 11 is 0. The molecule has 0 radical (unpaired) electrons. The van der Waals surface area contributed by atoms with Crippen LogP contribution in [0.2, 0.25) is 0 Å². The highest BCUT2D eigenvalue weighted by Crippen LogP contribution is 2.25. The van der Waals surface area contributed by atoms with Crippen molar-refractivity contribution in [2.24, 2.45) is 0 Å². The lowest BCUT2D eigenvalue weighted by Gasteiger charge is -2.14. The fraction of sp³-hybridized carbons (Fsp3) is 0.381. The van der Waals surface area contributed by atoms with Crippen molar-refractivity contribution in [1.29, 1.82) is 0 Å². The van der Waals surface area contributed by atoms with Crippen molar-refractivity contribution in [3.63, 3.8) is 0 Å². The van der Waals surface area contributed by atoms with E-state index in [1.807, 2.05) is 39.8 Å². The molecule has 0 atom stereocenters. The maximum absolute atomic E-state index is 12.3. The lowest BCUT2D eigenvalue weighted by Crippen LogP contribution is -2.36. The minimum absolute atomic E-state index is 0.0732. The standard InChI is InChI=1S/C21H28N2O5S/c1-5-27-18-8-10-19(11-9-18)29(25,26)23-13-12-22-20(24)14-28-21-16(3)7-6-15(2)17(21)4/h6-11,23H,5,12-14H2,1-4H3,(H,22,24). The van der Waals surface area contributed by atoms with E-state index in [1.54, 1.807) is 12.1 Å². The smallest absolute Gasteiger partial charge is 0.257 e. The second-order valence-electron chi connectivity index (χ2n) is 6.59. The third kappa shape index (κ3) is 6.47. The fourth-order valence-electron chi connectivity index (χ4n) is 2.69. The number of rotatable bonds is 10. The SMILES string of the molecule is CCOc1ccc(S(=O)(=O)NCCNC(=O)COc2c(C)ccc(C)c2C)cc1. The van der Waals surface area contributed by atoms with E-state index >= 15 is 0 Å². The van der Waals surface area contributed by atoms with Crippen molar-refractivity contribution in [2.75, 3.05) is 26.3 Å². The highest BCUT2D eigenvalue weighted by molar-refractivity contribution is 7.89. The minimum atomic E-state index is -3.65. The van der Waals surface area contributed by atoms with Gasteiger partial charge in [-0.2, -0.15) is 0 Å². The molecule has 0 fully saturated rings. The number of carbonyl (C=O) groups excluding carboxylic acids is 1. The van der Waals surface area contributed by atoms with E-state index in [2.05, 4.69) is 10.0 Å².